The minimum Gasteiger partial charge on any atom is -0.485 e. The van der Waals surface area contributed by atoms with Crippen molar-refractivity contribution in [3.05, 3.63) is 40.9 Å². The molecule has 0 atom stereocenters. The van der Waals surface area contributed by atoms with Crippen LogP contribution in [0.1, 0.15) is 0 Å². The summed E-state index contributed by atoms with van der Waals surface area (Å²) < 4.78 is 19.8. The molecule has 1 aliphatic heterocycles. The van der Waals surface area contributed by atoms with Gasteiger partial charge in [0.1, 0.15) is 17.7 Å². The number of rotatable bonds is 6. The van der Waals surface area contributed by atoms with Gasteiger partial charge in [0.15, 0.2) is 6.54 Å². The van der Waals surface area contributed by atoms with Crippen LogP contribution in [0.4, 0.5) is 10.3 Å². The summed E-state index contributed by atoms with van der Waals surface area (Å²) in [6.45, 7) is 0.757. The van der Waals surface area contributed by atoms with E-state index in [4.69, 9.17) is 9.84 Å². The van der Waals surface area contributed by atoms with E-state index >= 15 is 0 Å². The molecule has 2 aromatic heterocycles. The maximum atomic E-state index is 13.3. The van der Waals surface area contributed by atoms with Crippen molar-refractivity contribution < 1.29 is 19.0 Å². The van der Waals surface area contributed by atoms with Gasteiger partial charge in [-0.15, -0.1) is 10.2 Å². The molecular formula is C16H13BrFN7O3. The number of ether oxygens (including phenoxy) is 1. The normalized spacial score (nSPS) is 14.0. The van der Waals surface area contributed by atoms with Crippen molar-refractivity contribution >= 4 is 27.8 Å². The third kappa shape index (κ3) is 3.91. The highest BCUT2D eigenvalue weighted by molar-refractivity contribution is 9.10. The number of carboxylic acids is 1. The Kier molecular flexibility index (Phi) is 4.86. The molecule has 28 heavy (non-hydrogen) atoms. The zero-order valence-corrected chi connectivity index (χ0v) is 15.8. The fourth-order valence-corrected chi connectivity index (χ4v) is 2.91. The zero-order chi connectivity index (χ0) is 19.7. The van der Waals surface area contributed by atoms with Crippen LogP contribution in [0.5, 0.6) is 5.75 Å². The standard InChI is InChI=1S/C16H13BrFN7O3/c17-12-2-1-10(18)3-13(12)28-11-6-24(7-11)16-19-4-9(5-20-16)15-21-23-25(22-15)8-14(26)27/h1-5,11H,6-8H2,(H,26,27). The lowest BCUT2D eigenvalue weighted by Gasteiger charge is -2.39. The number of aliphatic carboxylic acids is 1. The first-order valence-electron chi connectivity index (χ1n) is 8.16. The fourth-order valence-electron chi connectivity index (χ4n) is 2.57. The Labute approximate surface area is 166 Å². The predicted octanol–water partition coefficient (Wildman–Crippen LogP) is 1.38. The van der Waals surface area contributed by atoms with Crippen molar-refractivity contribution in [3.63, 3.8) is 0 Å². The molecule has 0 unspecified atom stereocenters. The van der Waals surface area contributed by atoms with E-state index in [-0.39, 0.29) is 24.3 Å². The molecule has 10 nitrogen and oxygen atoms in total. The Balaban J connectivity index is 1.36. The van der Waals surface area contributed by atoms with Gasteiger partial charge in [-0.05, 0) is 33.3 Å². The number of halogens is 2. The topological polar surface area (TPSA) is 119 Å². The largest absolute Gasteiger partial charge is 0.485 e. The van der Waals surface area contributed by atoms with Crippen LogP contribution >= 0.6 is 15.9 Å². The number of hydrogen-bond acceptors (Lipinski definition) is 8. The molecule has 4 rings (SSSR count). The number of benzene rings is 1. The summed E-state index contributed by atoms with van der Waals surface area (Å²) in [4.78, 5) is 22.1. The monoisotopic (exact) mass is 449 g/mol. The first-order chi connectivity index (χ1) is 13.5. The van der Waals surface area contributed by atoms with E-state index < -0.39 is 5.97 Å². The van der Waals surface area contributed by atoms with Gasteiger partial charge in [-0.2, -0.15) is 4.80 Å². The summed E-state index contributed by atoms with van der Waals surface area (Å²) in [7, 11) is 0. The van der Waals surface area contributed by atoms with Gasteiger partial charge < -0.3 is 14.7 Å². The summed E-state index contributed by atoms with van der Waals surface area (Å²) in [6, 6.07) is 4.29. The van der Waals surface area contributed by atoms with E-state index in [1.54, 1.807) is 18.5 Å². The molecule has 1 saturated heterocycles. The molecule has 3 aromatic rings. The number of nitrogens with zero attached hydrogens (tertiary/aromatic N) is 7. The minimum absolute atomic E-state index is 0.0982. The molecule has 0 spiro atoms. The molecule has 0 aliphatic carbocycles. The maximum Gasteiger partial charge on any atom is 0.327 e. The molecule has 0 bridgehead atoms. The third-order valence-electron chi connectivity index (χ3n) is 3.94. The Morgan fingerprint density at radius 3 is 2.79 bits per heavy atom. The van der Waals surface area contributed by atoms with E-state index in [0.717, 1.165) is 4.80 Å². The second-order valence-corrected chi connectivity index (χ2v) is 6.88. The first kappa shape index (κ1) is 18.2. The molecule has 1 aliphatic rings. The Morgan fingerprint density at radius 1 is 1.32 bits per heavy atom. The number of aromatic nitrogens is 6. The van der Waals surface area contributed by atoms with Crippen LogP contribution in [0.3, 0.4) is 0 Å². The van der Waals surface area contributed by atoms with E-state index in [9.17, 15) is 9.18 Å². The average molecular weight is 450 g/mol. The predicted molar refractivity (Wildman–Crippen MR) is 97.2 cm³/mol. The molecule has 1 N–H and O–H groups in total. The van der Waals surface area contributed by atoms with Gasteiger partial charge in [0.05, 0.1) is 23.1 Å². The number of carboxylic acid groups (broad SMARTS) is 1. The summed E-state index contributed by atoms with van der Waals surface area (Å²) in [5, 5.41) is 20.2. The molecule has 144 valence electrons. The second-order valence-electron chi connectivity index (χ2n) is 6.03. The van der Waals surface area contributed by atoms with Crippen LogP contribution in [0, 0.1) is 5.82 Å². The molecule has 3 heterocycles. The third-order valence-corrected chi connectivity index (χ3v) is 4.60. The van der Waals surface area contributed by atoms with Gasteiger partial charge in [-0.3, -0.25) is 4.79 Å². The number of carbonyl (C=O) groups is 1. The van der Waals surface area contributed by atoms with Gasteiger partial charge >= 0.3 is 5.97 Å². The van der Waals surface area contributed by atoms with Crippen LogP contribution < -0.4 is 9.64 Å². The van der Waals surface area contributed by atoms with Crippen molar-refractivity contribution in [1.29, 1.82) is 0 Å². The van der Waals surface area contributed by atoms with Crippen molar-refractivity contribution in [2.45, 2.75) is 12.6 Å². The summed E-state index contributed by atoms with van der Waals surface area (Å²) in [5.41, 5.74) is 0.525. The molecule has 0 saturated carbocycles. The quantitative estimate of drug-likeness (QED) is 0.594. The lowest BCUT2D eigenvalue weighted by molar-refractivity contribution is -0.138. The van der Waals surface area contributed by atoms with Crippen LogP contribution in [-0.2, 0) is 11.3 Å². The highest BCUT2D eigenvalue weighted by atomic mass is 79.9. The number of tetrazole rings is 1. The molecule has 0 amide bonds. The van der Waals surface area contributed by atoms with Crippen molar-refractivity contribution in [3.8, 4) is 17.1 Å². The van der Waals surface area contributed by atoms with Crippen LogP contribution in [0.25, 0.3) is 11.4 Å². The Morgan fingerprint density at radius 2 is 2.07 bits per heavy atom. The highest BCUT2D eigenvalue weighted by Gasteiger charge is 2.31. The van der Waals surface area contributed by atoms with Crippen molar-refractivity contribution in [2.75, 3.05) is 18.0 Å². The van der Waals surface area contributed by atoms with Crippen LogP contribution in [0.15, 0.2) is 35.1 Å². The first-order valence-corrected chi connectivity index (χ1v) is 8.96. The second kappa shape index (κ2) is 7.46. The average Bonchev–Trinajstić information content (AvgIpc) is 3.08. The SMILES string of the molecule is O=C(O)Cn1nnc(-c2cnc(N3CC(Oc4cc(F)ccc4Br)C3)nc2)n1. The van der Waals surface area contributed by atoms with Gasteiger partial charge in [0.25, 0.3) is 0 Å². The zero-order valence-electron chi connectivity index (χ0n) is 14.2. The van der Waals surface area contributed by atoms with Gasteiger partial charge in [-0.1, -0.05) is 0 Å². The molecule has 12 heteroatoms. The minimum atomic E-state index is -1.06. The highest BCUT2D eigenvalue weighted by Crippen LogP contribution is 2.29. The van der Waals surface area contributed by atoms with Crippen molar-refractivity contribution in [1.82, 2.24) is 30.2 Å². The van der Waals surface area contributed by atoms with Gasteiger partial charge in [0.2, 0.25) is 11.8 Å². The Hall–Kier alpha value is -3.15. The van der Waals surface area contributed by atoms with E-state index in [1.165, 1.54) is 12.1 Å². The molecule has 1 aromatic carbocycles. The van der Waals surface area contributed by atoms with Gasteiger partial charge in [0, 0.05) is 18.5 Å². The Bertz CT molecular complexity index is 1010. The lowest BCUT2D eigenvalue weighted by atomic mass is 10.2. The maximum absolute atomic E-state index is 13.3. The number of anilines is 1. The van der Waals surface area contributed by atoms with Crippen LogP contribution in [-0.4, -0.2) is 60.4 Å². The van der Waals surface area contributed by atoms with E-state index in [1.807, 2.05) is 4.90 Å². The fraction of sp³-hybridized carbons (Fsp3) is 0.250. The van der Waals surface area contributed by atoms with E-state index in [0.29, 0.717) is 34.8 Å². The number of hydrogen-bond donors (Lipinski definition) is 1. The molecule has 1 fully saturated rings. The van der Waals surface area contributed by atoms with Gasteiger partial charge in [-0.25, -0.2) is 14.4 Å². The smallest absolute Gasteiger partial charge is 0.327 e. The molecule has 0 radical (unpaired) electrons. The van der Waals surface area contributed by atoms with Crippen molar-refractivity contribution in [2.24, 2.45) is 0 Å². The summed E-state index contributed by atoms with van der Waals surface area (Å²) in [5.74, 6) is -0.206. The lowest BCUT2D eigenvalue weighted by Crippen LogP contribution is -2.54. The van der Waals surface area contributed by atoms with E-state index in [2.05, 4.69) is 41.3 Å². The van der Waals surface area contributed by atoms with Crippen LogP contribution in [0.2, 0.25) is 0 Å². The molecular weight excluding hydrogens is 437 g/mol. The summed E-state index contributed by atoms with van der Waals surface area (Å²) in [6.07, 6.45) is 2.99. The summed E-state index contributed by atoms with van der Waals surface area (Å²) >= 11 is 3.34.